The maximum absolute atomic E-state index is 12.3. The summed E-state index contributed by atoms with van der Waals surface area (Å²) < 4.78 is 32.2. The van der Waals surface area contributed by atoms with Crippen LogP contribution in [-0.2, 0) is 21.3 Å². The molecular weight excluding hydrogens is 280 g/mol. The molecule has 0 aliphatic carbocycles. The molecule has 20 heavy (non-hydrogen) atoms. The summed E-state index contributed by atoms with van der Waals surface area (Å²) in [6, 6.07) is -0.205. The molecule has 0 aliphatic heterocycles. The maximum atomic E-state index is 12.3. The molecule has 8 heteroatoms. The molecule has 0 radical (unpaired) electrons. The second-order valence-electron chi connectivity index (χ2n) is 4.72. The quantitative estimate of drug-likeness (QED) is 0.618. The van der Waals surface area contributed by atoms with E-state index in [9.17, 15) is 8.42 Å². The molecule has 0 spiro atoms. The lowest BCUT2D eigenvalue weighted by Crippen LogP contribution is -2.34. The fraction of sp³-hybridized carbons (Fsp3) is 0.750. The molecule has 0 fully saturated rings. The van der Waals surface area contributed by atoms with E-state index in [0.29, 0.717) is 25.1 Å². The molecule has 0 saturated carbocycles. The van der Waals surface area contributed by atoms with Crippen LogP contribution in [0.4, 0.5) is 0 Å². The van der Waals surface area contributed by atoms with Gasteiger partial charge in [-0.15, -0.1) is 0 Å². The molecule has 0 aliphatic rings. The van der Waals surface area contributed by atoms with Crippen molar-refractivity contribution in [2.24, 2.45) is 0 Å². The molecule has 1 rings (SSSR count). The molecule has 1 atom stereocenters. The van der Waals surface area contributed by atoms with E-state index in [1.807, 2.05) is 13.8 Å². The fourth-order valence-corrected chi connectivity index (χ4v) is 3.26. The summed E-state index contributed by atoms with van der Waals surface area (Å²) in [5.41, 5.74) is 1.44. The first kappa shape index (κ1) is 17.1. The summed E-state index contributed by atoms with van der Waals surface area (Å²) >= 11 is 0. The van der Waals surface area contributed by atoms with Crippen LogP contribution in [0.1, 0.15) is 31.5 Å². The molecule has 3 N–H and O–H groups in total. The van der Waals surface area contributed by atoms with Crippen molar-refractivity contribution in [1.29, 1.82) is 0 Å². The van der Waals surface area contributed by atoms with Crippen LogP contribution in [0.5, 0.6) is 0 Å². The van der Waals surface area contributed by atoms with Crippen molar-refractivity contribution in [3.63, 3.8) is 0 Å². The van der Waals surface area contributed by atoms with Gasteiger partial charge in [0, 0.05) is 37.6 Å². The van der Waals surface area contributed by atoms with E-state index in [1.54, 1.807) is 14.0 Å². The molecule has 7 nitrogen and oxygen atoms in total. The summed E-state index contributed by atoms with van der Waals surface area (Å²) in [5, 5.41) is 9.85. The van der Waals surface area contributed by atoms with Gasteiger partial charge in [0.15, 0.2) is 5.03 Å². The van der Waals surface area contributed by atoms with Gasteiger partial charge in [0.05, 0.1) is 0 Å². The first-order chi connectivity index (χ1) is 9.42. The zero-order chi connectivity index (χ0) is 15.2. The minimum atomic E-state index is -3.62. The van der Waals surface area contributed by atoms with Gasteiger partial charge in [-0.05, 0) is 26.8 Å². The van der Waals surface area contributed by atoms with Crippen molar-refractivity contribution in [2.75, 3.05) is 20.3 Å². The number of ether oxygens (including phenoxy) is 1. The van der Waals surface area contributed by atoms with Crippen LogP contribution in [0.3, 0.4) is 0 Å². The SMILES string of the molecule is CCNCc1c(S(=O)(=O)NC(C)CCOC)n[nH]c1C. The van der Waals surface area contributed by atoms with Crippen molar-refractivity contribution in [1.82, 2.24) is 20.2 Å². The Morgan fingerprint density at radius 2 is 2.15 bits per heavy atom. The lowest BCUT2D eigenvalue weighted by Gasteiger charge is -2.13. The van der Waals surface area contributed by atoms with Gasteiger partial charge in [-0.25, -0.2) is 13.1 Å². The van der Waals surface area contributed by atoms with E-state index in [1.165, 1.54) is 0 Å². The van der Waals surface area contributed by atoms with Crippen LogP contribution in [0.2, 0.25) is 0 Å². The second-order valence-corrected chi connectivity index (χ2v) is 6.35. The number of hydrogen-bond acceptors (Lipinski definition) is 5. The average Bonchev–Trinajstić information content (AvgIpc) is 2.75. The van der Waals surface area contributed by atoms with Gasteiger partial charge in [0.25, 0.3) is 10.0 Å². The molecular formula is C12H24N4O3S. The lowest BCUT2D eigenvalue weighted by molar-refractivity contribution is 0.188. The predicted molar refractivity (Wildman–Crippen MR) is 77.0 cm³/mol. The normalized spacial score (nSPS) is 13.6. The number of nitrogens with one attached hydrogen (secondary N) is 3. The van der Waals surface area contributed by atoms with Crippen molar-refractivity contribution < 1.29 is 13.2 Å². The highest BCUT2D eigenvalue weighted by Crippen LogP contribution is 2.16. The Labute approximate surface area is 120 Å². The largest absolute Gasteiger partial charge is 0.385 e. The Balaban J connectivity index is 2.86. The summed E-state index contributed by atoms with van der Waals surface area (Å²) in [4.78, 5) is 0. The maximum Gasteiger partial charge on any atom is 0.260 e. The zero-order valence-electron chi connectivity index (χ0n) is 12.5. The number of H-pyrrole nitrogens is 1. The molecule has 1 aromatic heterocycles. The first-order valence-corrected chi connectivity index (χ1v) is 8.16. The van der Waals surface area contributed by atoms with E-state index in [-0.39, 0.29) is 11.1 Å². The molecule has 1 unspecified atom stereocenters. The van der Waals surface area contributed by atoms with Crippen LogP contribution in [0, 0.1) is 6.92 Å². The van der Waals surface area contributed by atoms with E-state index in [0.717, 1.165) is 12.2 Å². The van der Waals surface area contributed by atoms with Gasteiger partial charge < -0.3 is 10.1 Å². The first-order valence-electron chi connectivity index (χ1n) is 6.68. The second kappa shape index (κ2) is 7.72. The van der Waals surface area contributed by atoms with Gasteiger partial charge in [0.2, 0.25) is 0 Å². The highest BCUT2D eigenvalue weighted by atomic mass is 32.2. The van der Waals surface area contributed by atoms with Crippen LogP contribution in [0.15, 0.2) is 5.03 Å². The molecule has 1 heterocycles. The molecule has 0 bridgehead atoms. The number of hydrogen-bond donors (Lipinski definition) is 3. The number of aryl methyl sites for hydroxylation is 1. The molecule has 1 aromatic rings. The van der Waals surface area contributed by atoms with Crippen molar-refractivity contribution in [2.45, 2.75) is 44.8 Å². The monoisotopic (exact) mass is 304 g/mol. The third kappa shape index (κ3) is 4.55. The number of aromatic amines is 1. The number of sulfonamides is 1. The molecule has 0 saturated heterocycles. The summed E-state index contributed by atoms with van der Waals surface area (Å²) in [7, 11) is -2.03. The Hall–Kier alpha value is -0.960. The number of methoxy groups -OCH3 is 1. The molecule has 116 valence electrons. The molecule has 0 amide bonds. The summed E-state index contributed by atoms with van der Waals surface area (Å²) in [6.45, 7) is 7.33. The standard InChI is InChI=1S/C12H24N4O3S/c1-5-13-8-11-10(3)14-15-12(11)20(17,18)16-9(2)6-7-19-4/h9,13,16H,5-8H2,1-4H3,(H,14,15). The average molecular weight is 304 g/mol. The third-order valence-electron chi connectivity index (χ3n) is 2.95. The highest BCUT2D eigenvalue weighted by Gasteiger charge is 2.25. The third-order valence-corrected chi connectivity index (χ3v) is 4.51. The van der Waals surface area contributed by atoms with E-state index >= 15 is 0 Å². The lowest BCUT2D eigenvalue weighted by atomic mass is 10.2. The zero-order valence-corrected chi connectivity index (χ0v) is 13.3. The minimum absolute atomic E-state index is 0.0696. The van der Waals surface area contributed by atoms with Gasteiger partial charge in [-0.3, -0.25) is 5.10 Å². The molecule has 0 aromatic carbocycles. The van der Waals surface area contributed by atoms with Crippen LogP contribution in [0.25, 0.3) is 0 Å². The smallest absolute Gasteiger partial charge is 0.260 e. The number of aromatic nitrogens is 2. The summed E-state index contributed by atoms with van der Waals surface area (Å²) in [5.74, 6) is 0. The van der Waals surface area contributed by atoms with Crippen molar-refractivity contribution in [3.05, 3.63) is 11.3 Å². The highest BCUT2D eigenvalue weighted by molar-refractivity contribution is 7.89. The van der Waals surface area contributed by atoms with Crippen molar-refractivity contribution in [3.8, 4) is 0 Å². The van der Waals surface area contributed by atoms with Gasteiger partial charge in [0.1, 0.15) is 0 Å². The van der Waals surface area contributed by atoms with Gasteiger partial charge in [-0.1, -0.05) is 6.92 Å². The fourth-order valence-electron chi connectivity index (χ4n) is 1.78. The van der Waals surface area contributed by atoms with Crippen LogP contribution >= 0.6 is 0 Å². The van der Waals surface area contributed by atoms with E-state index in [4.69, 9.17) is 4.74 Å². The Morgan fingerprint density at radius 3 is 2.75 bits per heavy atom. The number of rotatable bonds is 9. The summed E-state index contributed by atoms with van der Waals surface area (Å²) in [6.07, 6.45) is 0.613. The van der Waals surface area contributed by atoms with Crippen molar-refractivity contribution >= 4 is 10.0 Å². The Morgan fingerprint density at radius 1 is 1.45 bits per heavy atom. The van der Waals surface area contributed by atoms with Gasteiger partial charge >= 0.3 is 0 Å². The predicted octanol–water partition coefficient (Wildman–Crippen LogP) is 0.531. The Kier molecular flexibility index (Phi) is 6.60. The minimum Gasteiger partial charge on any atom is -0.385 e. The van der Waals surface area contributed by atoms with Crippen LogP contribution in [-0.4, -0.2) is 44.9 Å². The topological polar surface area (TPSA) is 96.1 Å². The number of nitrogens with zero attached hydrogens (tertiary/aromatic N) is 1. The van der Waals surface area contributed by atoms with E-state index in [2.05, 4.69) is 20.2 Å². The van der Waals surface area contributed by atoms with E-state index < -0.39 is 10.0 Å². The van der Waals surface area contributed by atoms with Gasteiger partial charge in [-0.2, -0.15) is 5.10 Å². The van der Waals surface area contributed by atoms with Crippen LogP contribution < -0.4 is 10.0 Å². The Bertz CT molecular complexity index is 513.